The predicted octanol–water partition coefficient (Wildman–Crippen LogP) is 1.82. The van der Waals surface area contributed by atoms with Crippen molar-refractivity contribution in [1.29, 1.82) is 0 Å². The molecule has 1 rings (SSSR count). The summed E-state index contributed by atoms with van der Waals surface area (Å²) in [5.41, 5.74) is 0. The summed E-state index contributed by atoms with van der Waals surface area (Å²) in [6.45, 7) is -0.258. The Morgan fingerprint density at radius 1 is 1.70 bits per heavy atom. The van der Waals surface area contributed by atoms with E-state index >= 15 is 0 Å². The Morgan fingerprint density at radius 3 is 2.80 bits per heavy atom. The molecule has 0 aromatic carbocycles. The lowest BCUT2D eigenvalue weighted by Gasteiger charge is -1.85. The van der Waals surface area contributed by atoms with Crippen molar-refractivity contribution in [2.45, 2.75) is 6.54 Å². The zero-order valence-corrected chi connectivity index (χ0v) is 6.50. The van der Waals surface area contributed by atoms with E-state index in [0.29, 0.717) is 10.4 Å². The van der Waals surface area contributed by atoms with E-state index in [2.05, 4.69) is 15.9 Å². The van der Waals surface area contributed by atoms with Gasteiger partial charge in [0.2, 0.25) is 0 Å². The molecular formula is C5H4BrNO3. The van der Waals surface area contributed by atoms with Gasteiger partial charge in [0, 0.05) is 4.92 Å². The van der Waals surface area contributed by atoms with Crippen LogP contribution in [-0.2, 0) is 6.54 Å². The van der Waals surface area contributed by atoms with E-state index in [1.54, 1.807) is 12.1 Å². The van der Waals surface area contributed by atoms with Crippen molar-refractivity contribution in [3.63, 3.8) is 0 Å². The highest BCUT2D eigenvalue weighted by Crippen LogP contribution is 2.14. The molecule has 1 heterocycles. The SMILES string of the molecule is O=[N+]([O-])Cc1ccc(Br)o1. The lowest BCUT2D eigenvalue weighted by molar-refractivity contribution is -0.499. The Morgan fingerprint density at radius 2 is 2.40 bits per heavy atom. The van der Waals surface area contributed by atoms with Crippen molar-refractivity contribution in [3.05, 3.63) is 32.7 Å². The molecule has 0 N–H and O–H groups in total. The minimum Gasteiger partial charge on any atom is -0.447 e. The third kappa shape index (κ3) is 1.84. The van der Waals surface area contributed by atoms with Gasteiger partial charge in [0.15, 0.2) is 10.4 Å². The molecule has 0 atom stereocenters. The third-order valence-electron chi connectivity index (χ3n) is 0.914. The number of nitro groups is 1. The maximum atomic E-state index is 9.91. The van der Waals surface area contributed by atoms with Crippen molar-refractivity contribution in [3.8, 4) is 0 Å². The number of nitrogens with zero attached hydrogens (tertiary/aromatic N) is 1. The summed E-state index contributed by atoms with van der Waals surface area (Å²) in [7, 11) is 0. The Labute approximate surface area is 65.1 Å². The average molecular weight is 206 g/mol. The van der Waals surface area contributed by atoms with Crippen LogP contribution in [0, 0.1) is 10.1 Å². The molecule has 0 unspecified atom stereocenters. The first kappa shape index (κ1) is 7.27. The highest BCUT2D eigenvalue weighted by molar-refractivity contribution is 9.10. The lowest BCUT2D eigenvalue weighted by atomic mass is 10.5. The van der Waals surface area contributed by atoms with Crippen LogP contribution in [0.5, 0.6) is 0 Å². The molecule has 0 saturated carbocycles. The minimum absolute atomic E-state index is 0.258. The van der Waals surface area contributed by atoms with Gasteiger partial charge in [-0.15, -0.1) is 0 Å². The van der Waals surface area contributed by atoms with Crippen LogP contribution in [0.3, 0.4) is 0 Å². The summed E-state index contributed by atoms with van der Waals surface area (Å²) >= 11 is 3.03. The highest BCUT2D eigenvalue weighted by atomic mass is 79.9. The molecule has 4 nitrogen and oxygen atoms in total. The third-order valence-corrected chi connectivity index (χ3v) is 1.34. The van der Waals surface area contributed by atoms with E-state index in [0.717, 1.165) is 0 Å². The van der Waals surface area contributed by atoms with E-state index in [9.17, 15) is 10.1 Å². The smallest absolute Gasteiger partial charge is 0.260 e. The number of hydrogen-bond donors (Lipinski definition) is 0. The van der Waals surface area contributed by atoms with Crippen LogP contribution in [0.2, 0.25) is 0 Å². The molecule has 0 amide bonds. The molecule has 0 bridgehead atoms. The van der Waals surface area contributed by atoms with Gasteiger partial charge in [-0.1, -0.05) is 0 Å². The van der Waals surface area contributed by atoms with Crippen LogP contribution >= 0.6 is 15.9 Å². The van der Waals surface area contributed by atoms with Gasteiger partial charge in [-0.3, -0.25) is 10.1 Å². The normalized spacial score (nSPS) is 9.70. The van der Waals surface area contributed by atoms with E-state index in [1.807, 2.05) is 0 Å². The fourth-order valence-electron chi connectivity index (χ4n) is 0.564. The molecule has 0 aliphatic rings. The van der Waals surface area contributed by atoms with Crippen molar-refractivity contribution in [1.82, 2.24) is 0 Å². The fraction of sp³-hybridized carbons (Fsp3) is 0.200. The molecule has 1 aromatic rings. The summed E-state index contributed by atoms with van der Waals surface area (Å²) in [6, 6.07) is 3.19. The molecule has 10 heavy (non-hydrogen) atoms. The summed E-state index contributed by atoms with van der Waals surface area (Å²) in [4.78, 5) is 9.47. The van der Waals surface area contributed by atoms with Crippen LogP contribution in [-0.4, -0.2) is 4.92 Å². The van der Waals surface area contributed by atoms with Crippen molar-refractivity contribution in [2.24, 2.45) is 0 Å². The van der Waals surface area contributed by atoms with Gasteiger partial charge < -0.3 is 4.42 Å². The number of halogens is 1. The molecule has 0 aliphatic carbocycles. The fourth-order valence-corrected chi connectivity index (χ4v) is 0.904. The van der Waals surface area contributed by atoms with Gasteiger partial charge in [-0.05, 0) is 28.1 Å². The lowest BCUT2D eigenvalue weighted by Crippen LogP contribution is -1.95. The summed E-state index contributed by atoms with van der Waals surface area (Å²) < 4.78 is 5.39. The second-order valence-electron chi connectivity index (χ2n) is 1.70. The number of furan rings is 1. The van der Waals surface area contributed by atoms with E-state index < -0.39 is 4.92 Å². The second-order valence-corrected chi connectivity index (χ2v) is 2.48. The Hall–Kier alpha value is -0.840. The van der Waals surface area contributed by atoms with Crippen LogP contribution in [0.15, 0.2) is 21.2 Å². The van der Waals surface area contributed by atoms with Crippen LogP contribution in [0.25, 0.3) is 0 Å². The zero-order chi connectivity index (χ0) is 7.56. The van der Waals surface area contributed by atoms with Gasteiger partial charge in [0.1, 0.15) is 0 Å². The van der Waals surface area contributed by atoms with Crippen molar-refractivity contribution < 1.29 is 9.34 Å². The van der Waals surface area contributed by atoms with Crippen LogP contribution in [0.1, 0.15) is 5.76 Å². The topological polar surface area (TPSA) is 56.3 Å². The molecule has 0 radical (unpaired) electrons. The van der Waals surface area contributed by atoms with Crippen molar-refractivity contribution in [2.75, 3.05) is 0 Å². The van der Waals surface area contributed by atoms with Gasteiger partial charge in [-0.25, -0.2) is 0 Å². The molecule has 0 aliphatic heterocycles. The van der Waals surface area contributed by atoms with E-state index in [1.165, 1.54) is 0 Å². The number of rotatable bonds is 2. The summed E-state index contributed by atoms with van der Waals surface area (Å²) in [5, 5.41) is 9.91. The molecule has 0 fully saturated rings. The van der Waals surface area contributed by atoms with Crippen LogP contribution < -0.4 is 0 Å². The standard InChI is InChI=1S/C5H4BrNO3/c6-5-2-1-4(10-5)3-7(8)9/h1-2H,3H2. The van der Waals surface area contributed by atoms with Gasteiger partial charge in [-0.2, -0.15) is 0 Å². The van der Waals surface area contributed by atoms with Crippen LogP contribution in [0.4, 0.5) is 0 Å². The average Bonchev–Trinajstić information content (AvgIpc) is 2.13. The monoisotopic (exact) mass is 205 g/mol. The first-order valence-corrected chi connectivity index (χ1v) is 3.34. The van der Waals surface area contributed by atoms with Gasteiger partial charge in [0.05, 0.1) is 0 Å². The minimum atomic E-state index is -0.439. The van der Waals surface area contributed by atoms with E-state index in [4.69, 9.17) is 4.42 Å². The molecule has 1 aromatic heterocycles. The molecule has 5 heteroatoms. The maximum absolute atomic E-state index is 9.91. The zero-order valence-electron chi connectivity index (χ0n) is 4.91. The number of hydrogen-bond acceptors (Lipinski definition) is 3. The quantitative estimate of drug-likeness (QED) is 0.547. The van der Waals surface area contributed by atoms with Crippen molar-refractivity contribution >= 4 is 15.9 Å². The largest absolute Gasteiger partial charge is 0.447 e. The summed E-state index contributed by atoms with van der Waals surface area (Å²) in [5.74, 6) is 0.358. The Balaban J connectivity index is 2.67. The predicted molar refractivity (Wildman–Crippen MR) is 37.1 cm³/mol. The molecule has 54 valence electrons. The molecule has 0 saturated heterocycles. The Bertz CT molecular complexity index is 245. The van der Waals surface area contributed by atoms with Gasteiger partial charge in [0.25, 0.3) is 6.54 Å². The molecule has 0 spiro atoms. The Kier molecular flexibility index (Phi) is 2.06. The first-order valence-electron chi connectivity index (χ1n) is 2.54. The second kappa shape index (κ2) is 2.83. The first-order chi connectivity index (χ1) is 4.68. The highest BCUT2D eigenvalue weighted by Gasteiger charge is 2.04. The summed E-state index contributed by atoms with van der Waals surface area (Å²) in [6.07, 6.45) is 0. The van der Waals surface area contributed by atoms with Gasteiger partial charge >= 0.3 is 0 Å². The molecular weight excluding hydrogens is 202 g/mol. The maximum Gasteiger partial charge on any atom is 0.260 e. The van der Waals surface area contributed by atoms with E-state index in [-0.39, 0.29) is 6.54 Å².